The Morgan fingerprint density at radius 2 is 2.03 bits per heavy atom. The molecular weight excluding hydrogens is 436 g/mol. The van der Waals surface area contributed by atoms with E-state index in [1.807, 2.05) is 24.3 Å². The minimum absolute atomic E-state index is 0.0134. The molecule has 9 nitrogen and oxygen atoms in total. The topological polar surface area (TPSA) is 132 Å². The predicted octanol–water partition coefficient (Wildman–Crippen LogP) is 0.837. The summed E-state index contributed by atoms with van der Waals surface area (Å²) < 4.78 is 0. The van der Waals surface area contributed by atoms with E-state index in [-0.39, 0.29) is 35.5 Å². The van der Waals surface area contributed by atoms with Crippen molar-refractivity contribution in [3.05, 3.63) is 36.0 Å². The van der Waals surface area contributed by atoms with Gasteiger partial charge in [-0.3, -0.25) is 19.2 Å². The van der Waals surface area contributed by atoms with E-state index in [1.54, 1.807) is 11.0 Å². The molecule has 3 fully saturated rings. The number of aromatic amines is 1. The number of fused-ring (bicyclic) bond motifs is 2. The zero-order valence-electron chi connectivity index (χ0n) is 19.3. The Morgan fingerprint density at radius 1 is 1.26 bits per heavy atom. The van der Waals surface area contributed by atoms with Crippen LogP contribution < -0.4 is 10.6 Å². The molecule has 4 N–H and O–H groups in total. The molecular formula is C25H30N4O5. The van der Waals surface area contributed by atoms with Crippen LogP contribution >= 0.6 is 0 Å². The van der Waals surface area contributed by atoms with Crippen LogP contribution in [0.4, 0.5) is 0 Å². The van der Waals surface area contributed by atoms with E-state index < -0.39 is 36.3 Å². The lowest BCUT2D eigenvalue weighted by Gasteiger charge is -2.31. The average molecular weight is 467 g/mol. The number of amides is 3. The summed E-state index contributed by atoms with van der Waals surface area (Å²) in [5, 5.41) is 15.9. The Bertz CT molecular complexity index is 1140. The monoisotopic (exact) mass is 466 g/mol. The van der Waals surface area contributed by atoms with Crippen LogP contribution in [0.15, 0.2) is 30.3 Å². The van der Waals surface area contributed by atoms with Gasteiger partial charge in [-0.15, -0.1) is 0 Å². The number of ketones is 1. The van der Waals surface area contributed by atoms with Crippen molar-refractivity contribution in [2.24, 2.45) is 23.2 Å². The summed E-state index contributed by atoms with van der Waals surface area (Å²) in [5.41, 5.74) is 1.19. The molecule has 5 atom stereocenters. The molecule has 3 heterocycles. The number of para-hydroxylation sites is 1. The van der Waals surface area contributed by atoms with Crippen molar-refractivity contribution in [3.8, 4) is 0 Å². The lowest BCUT2D eigenvalue weighted by Crippen LogP contribution is -2.54. The molecule has 1 aliphatic carbocycles. The summed E-state index contributed by atoms with van der Waals surface area (Å²) in [6.07, 6.45) is 0.715. The zero-order chi connectivity index (χ0) is 24.2. The summed E-state index contributed by atoms with van der Waals surface area (Å²) >= 11 is 0. The van der Waals surface area contributed by atoms with E-state index in [1.165, 1.54) is 0 Å². The van der Waals surface area contributed by atoms with Crippen molar-refractivity contribution < 1.29 is 24.3 Å². The molecule has 0 spiro atoms. The van der Waals surface area contributed by atoms with Gasteiger partial charge >= 0.3 is 0 Å². The van der Waals surface area contributed by atoms with Crippen molar-refractivity contribution in [2.75, 3.05) is 19.7 Å². The second-order valence-electron chi connectivity index (χ2n) is 10.3. The highest BCUT2D eigenvalue weighted by atomic mass is 16.3. The quantitative estimate of drug-likeness (QED) is 0.480. The molecule has 2 saturated heterocycles. The third-order valence-corrected chi connectivity index (χ3v) is 8.04. The lowest BCUT2D eigenvalue weighted by atomic mass is 9.95. The molecule has 0 unspecified atom stereocenters. The SMILES string of the molecule is CC1(C)[C@@H]2[C@@H](C(=O)N[C@@H](C[C@@H]3CCNC3=O)C(=O)CO)N(C(=O)c3cc4ccccc4[nH]3)C[C@@H]21. The molecule has 180 valence electrons. The van der Waals surface area contributed by atoms with Gasteiger partial charge in [-0.1, -0.05) is 32.0 Å². The highest BCUT2D eigenvalue weighted by Crippen LogP contribution is 2.65. The number of H-pyrrole nitrogens is 1. The highest BCUT2D eigenvalue weighted by Gasteiger charge is 2.69. The minimum atomic E-state index is -0.975. The number of benzene rings is 1. The van der Waals surface area contributed by atoms with Crippen LogP contribution in [-0.4, -0.2) is 70.3 Å². The van der Waals surface area contributed by atoms with Gasteiger partial charge in [0.1, 0.15) is 18.3 Å². The number of likely N-dealkylation sites (tertiary alicyclic amines) is 1. The Labute approximate surface area is 197 Å². The first-order valence-electron chi connectivity index (χ1n) is 11.8. The molecule has 1 aromatic carbocycles. The zero-order valence-corrected chi connectivity index (χ0v) is 19.3. The molecule has 2 aromatic rings. The van der Waals surface area contributed by atoms with Gasteiger partial charge in [0.15, 0.2) is 5.78 Å². The first-order valence-corrected chi connectivity index (χ1v) is 11.8. The number of aliphatic hydroxyl groups is 1. The number of aromatic nitrogens is 1. The van der Waals surface area contributed by atoms with Crippen molar-refractivity contribution in [1.29, 1.82) is 0 Å². The van der Waals surface area contributed by atoms with Crippen molar-refractivity contribution in [1.82, 2.24) is 20.5 Å². The van der Waals surface area contributed by atoms with E-state index in [0.29, 0.717) is 25.2 Å². The van der Waals surface area contributed by atoms with E-state index in [0.717, 1.165) is 10.9 Å². The number of rotatable bonds is 7. The summed E-state index contributed by atoms with van der Waals surface area (Å²) in [7, 11) is 0. The summed E-state index contributed by atoms with van der Waals surface area (Å²) in [4.78, 5) is 56.2. The van der Waals surface area contributed by atoms with Crippen molar-refractivity contribution in [2.45, 2.75) is 38.8 Å². The molecule has 5 rings (SSSR count). The van der Waals surface area contributed by atoms with Crippen LogP contribution in [0.1, 0.15) is 37.2 Å². The summed E-state index contributed by atoms with van der Waals surface area (Å²) in [6, 6.07) is 7.70. The van der Waals surface area contributed by atoms with Crippen LogP contribution in [0.5, 0.6) is 0 Å². The third kappa shape index (κ3) is 3.68. The second kappa shape index (κ2) is 8.23. The van der Waals surface area contributed by atoms with Crippen molar-refractivity contribution >= 4 is 34.4 Å². The van der Waals surface area contributed by atoms with Gasteiger partial charge in [-0.2, -0.15) is 0 Å². The molecule has 3 aliphatic rings. The van der Waals surface area contributed by atoms with Gasteiger partial charge in [0.2, 0.25) is 11.8 Å². The molecule has 2 aliphatic heterocycles. The Balaban J connectivity index is 1.38. The normalized spacial score (nSPS) is 27.9. The maximum Gasteiger partial charge on any atom is 0.271 e. The number of piperidine rings is 1. The van der Waals surface area contributed by atoms with Gasteiger partial charge in [0.05, 0.1) is 6.04 Å². The number of Topliss-reactive ketones (excluding diaryl/α,β-unsaturated/α-hetero) is 1. The Hall–Kier alpha value is -3.20. The molecule has 3 amide bonds. The van der Waals surface area contributed by atoms with E-state index in [9.17, 15) is 24.3 Å². The average Bonchev–Trinajstić information content (AvgIpc) is 3.33. The molecule has 0 radical (unpaired) electrons. The van der Waals surface area contributed by atoms with E-state index in [2.05, 4.69) is 29.5 Å². The maximum atomic E-state index is 13.5. The first-order chi connectivity index (χ1) is 16.2. The summed E-state index contributed by atoms with van der Waals surface area (Å²) in [5.74, 6) is -1.55. The fraction of sp³-hybridized carbons (Fsp3) is 0.520. The minimum Gasteiger partial charge on any atom is -0.389 e. The van der Waals surface area contributed by atoms with Crippen LogP contribution in [0.2, 0.25) is 0 Å². The van der Waals surface area contributed by atoms with E-state index in [4.69, 9.17) is 0 Å². The van der Waals surface area contributed by atoms with Gasteiger partial charge in [0.25, 0.3) is 5.91 Å². The number of hydrogen-bond donors (Lipinski definition) is 4. The van der Waals surface area contributed by atoms with Gasteiger partial charge in [-0.25, -0.2) is 0 Å². The van der Waals surface area contributed by atoms with Gasteiger partial charge in [-0.05, 0) is 42.2 Å². The number of hydrogen-bond acceptors (Lipinski definition) is 5. The molecule has 1 aromatic heterocycles. The highest BCUT2D eigenvalue weighted by molar-refractivity contribution is 6.01. The molecule has 1 saturated carbocycles. The predicted molar refractivity (Wildman–Crippen MR) is 124 cm³/mol. The Kier molecular flexibility index (Phi) is 5.47. The number of nitrogens with one attached hydrogen (secondary N) is 3. The largest absolute Gasteiger partial charge is 0.389 e. The van der Waals surface area contributed by atoms with Crippen LogP contribution in [0.3, 0.4) is 0 Å². The summed E-state index contributed by atoms with van der Waals surface area (Å²) in [6.45, 7) is 4.46. The van der Waals surface area contributed by atoms with Crippen molar-refractivity contribution in [3.63, 3.8) is 0 Å². The lowest BCUT2D eigenvalue weighted by molar-refractivity contribution is -0.133. The van der Waals surface area contributed by atoms with Crippen LogP contribution in [0, 0.1) is 23.2 Å². The van der Waals surface area contributed by atoms with Crippen LogP contribution in [0.25, 0.3) is 10.9 Å². The smallest absolute Gasteiger partial charge is 0.271 e. The van der Waals surface area contributed by atoms with Gasteiger partial charge < -0.3 is 25.6 Å². The molecule has 0 bridgehead atoms. The standard InChI is InChI=1S/C25H30N4O5/c1-25(2)15-11-29(24(34)18-9-13-5-3-4-6-16(13)27-18)21(20(15)25)23(33)28-17(19(31)12-30)10-14-7-8-26-22(14)32/h3-6,9,14-15,17,20-21,27,30H,7-8,10-12H2,1-2H3,(H,26,32)(H,28,33)/t14-,15-,17-,20-,21-/m0/s1. The maximum absolute atomic E-state index is 13.5. The number of aliphatic hydroxyl groups excluding tert-OH is 1. The number of carbonyl (C=O) groups excluding carboxylic acids is 4. The Morgan fingerprint density at radius 3 is 2.71 bits per heavy atom. The van der Waals surface area contributed by atoms with Gasteiger partial charge in [0, 0.05) is 29.9 Å². The third-order valence-electron chi connectivity index (χ3n) is 8.04. The van der Waals surface area contributed by atoms with E-state index >= 15 is 0 Å². The fourth-order valence-electron chi connectivity index (χ4n) is 5.93. The number of carbonyl (C=O) groups is 4. The molecule has 9 heteroatoms. The fourth-order valence-corrected chi connectivity index (χ4v) is 5.93. The number of nitrogens with zero attached hydrogens (tertiary/aromatic N) is 1. The molecule has 34 heavy (non-hydrogen) atoms. The van der Waals surface area contributed by atoms with Crippen LogP contribution in [-0.2, 0) is 14.4 Å². The second-order valence-corrected chi connectivity index (χ2v) is 10.3. The first kappa shape index (κ1) is 22.6.